The lowest BCUT2D eigenvalue weighted by Gasteiger charge is -2.10. The number of hydrogen-bond acceptors (Lipinski definition) is 6. The number of benzene rings is 3. The minimum absolute atomic E-state index is 0.242. The summed E-state index contributed by atoms with van der Waals surface area (Å²) in [5.41, 5.74) is 3.96. The molecule has 0 radical (unpaired) electrons. The van der Waals surface area contributed by atoms with E-state index in [9.17, 15) is 4.79 Å². The molecule has 5 aromatic rings. The van der Waals surface area contributed by atoms with Gasteiger partial charge in [-0.3, -0.25) is 4.79 Å². The average molecular weight is 424 g/mol. The van der Waals surface area contributed by atoms with Crippen LogP contribution in [0.1, 0.15) is 11.1 Å². The lowest BCUT2D eigenvalue weighted by Crippen LogP contribution is -2.22. The second-order valence-electron chi connectivity index (χ2n) is 7.53. The molecule has 7 nitrogen and oxygen atoms in total. The summed E-state index contributed by atoms with van der Waals surface area (Å²) >= 11 is 0. The molecule has 0 unspecified atom stereocenters. The third kappa shape index (κ3) is 3.33. The van der Waals surface area contributed by atoms with Crippen LogP contribution in [0, 0.1) is 13.8 Å². The zero-order valence-electron chi connectivity index (χ0n) is 17.9. The Morgan fingerprint density at radius 2 is 1.72 bits per heavy atom. The quantitative estimate of drug-likeness (QED) is 0.415. The van der Waals surface area contributed by atoms with Gasteiger partial charge >= 0.3 is 0 Å². The summed E-state index contributed by atoms with van der Waals surface area (Å²) in [5.74, 6) is 1.33. The van der Waals surface area contributed by atoms with E-state index in [2.05, 4.69) is 22.2 Å². The molecule has 2 aromatic heterocycles. The SMILES string of the molecule is COc1cccc(-n2nc(-c3nc(-c4ccc(C)c(C)c4)no3)c3ccccc3c2=O)c1. The molecular weight excluding hydrogens is 404 g/mol. The largest absolute Gasteiger partial charge is 0.497 e. The predicted molar refractivity (Wildman–Crippen MR) is 122 cm³/mol. The van der Waals surface area contributed by atoms with Crippen molar-refractivity contribution in [2.45, 2.75) is 13.8 Å². The second kappa shape index (κ2) is 7.77. The fraction of sp³-hybridized carbons (Fsp3) is 0.120. The van der Waals surface area contributed by atoms with Gasteiger partial charge in [0.1, 0.15) is 5.75 Å². The Labute approximate surface area is 183 Å². The highest BCUT2D eigenvalue weighted by atomic mass is 16.5. The van der Waals surface area contributed by atoms with E-state index in [1.807, 2.05) is 55.5 Å². The molecule has 0 amide bonds. The van der Waals surface area contributed by atoms with Crippen molar-refractivity contribution in [1.82, 2.24) is 19.9 Å². The van der Waals surface area contributed by atoms with Crippen LogP contribution in [0.5, 0.6) is 5.75 Å². The van der Waals surface area contributed by atoms with Crippen LogP contribution in [0.25, 0.3) is 39.4 Å². The summed E-state index contributed by atoms with van der Waals surface area (Å²) < 4.78 is 12.2. The summed E-state index contributed by atoms with van der Waals surface area (Å²) in [6, 6.07) is 20.4. The Balaban J connectivity index is 1.71. The highest BCUT2D eigenvalue weighted by Gasteiger charge is 2.19. The number of methoxy groups -OCH3 is 1. The molecule has 0 spiro atoms. The zero-order valence-corrected chi connectivity index (χ0v) is 17.9. The lowest BCUT2D eigenvalue weighted by atomic mass is 10.1. The molecule has 0 atom stereocenters. The highest BCUT2D eigenvalue weighted by Crippen LogP contribution is 2.27. The first-order chi connectivity index (χ1) is 15.5. The predicted octanol–water partition coefficient (Wildman–Crippen LogP) is 4.73. The number of hydrogen-bond donors (Lipinski definition) is 0. The molecule has 0 saturated heterocycles. The van der Waals surface area contributed by atoms with Gasteiger partial charge < -0.3 is 9.26 Å². The second-order valence-corrected chi connectivity index (χ2v) is 7.53. The summed E-state index contributed by atoms with van der Waals surface area (Å²) in [7, 11) is 1.58. The molecule has 0 aliphatic carbocycles. The van der Waals surface area contributed by atoms with Gasteiger partial charge in [0.05, 0.1) is 18.2 Å². The van der Waals surface area contributed by atoms with Gasteiger partial charge in [-0.05, 0) is 49.2 Å². The van der Waals surface area contributed by atoms with Crippen molar-refractivity contribution in [3.05, 3.63) is 88.2 Å². The topological polar surface area (TPSA) is 83.0 Å². The number of aromatic nitrogens is 4. The fourth-order valence-corrected chi connectivity index (χ4v) is 3.58. The Bertz CT molecular complexity index is 1520. The summed E-state index contributed by atoms with van der Waals surface area (Å²) in [6.45, 7) is 4.09. The first-order valence-electron chi connectivity index (χ1n) is 10.1. The third-order valence-electron chi connectivity index (χ3n) is 5.50. The van der Waals surface area contributed by atoms with Crippen LogP contribution in [0.15, 0.2) is 76.0 Å². The molecule has 0 aliphatic rings. The van der Waals surface area contributed by atoms with E-state index in [0.717, 1.165) is 11.1 Å². The van der Waals surface area contributed by atoms with Crippen molar-refractivity contribution < 1.29 is 9.26 Å². The van der Waals surface area contributed by atoms with Crippen LogP contribution in [0.3, 0.4) is 0 Å². The van der Waals surface area contributed by atoms with Gasteiger partial charge in [-0.1, -0.05) is 41.6 Å². The summed E-state index contributed by atoms with van der Waals surface area (Å²) in [5, 5.41) is 9.92. The van der Waals surface area contributed by atoms with E-state index >= 15 is 0 Å². The standard InChI is InChI=1S/C25H20N4O3/c1-15-11-12-17(13-16(15)2)23-26-24(32-28-23)22-20-9-4-5-10-21(20)25(30)29(27-22)18-7-6-8-19(14-18)31-3/h4-14H,1-3H3. The molecule has 0 fully saturated rings. The van der Waals surface area contributed by atoms with Gasteiger partial charge in [-0.15, -0.1) is 0 Å². The fourth-order valence-electron chi connectivity index (χ4n) is 3.58. The molecule has 3 aromatic carbocycles. The van der Waals surface area contributed by atoms with Crippen LogP contribution >= 0.6 is 0 Å². The Morgan fingerprint density at radius 1 is 0.906 bits per heavy atom. The Hall–Kier alpha value is -4.26. The van der Waals surface area contributed by atoms with E-state index in [0.29, 0.717) is 33.7 Å². The number of nitrogens with zero attached hydrogens (tertiary/aromatic N) is 4. The molecule has 32 heavy (non-hydrogen) atoms. The van der Waals surface area contributed by atoms with Crippen molar-refractivity contribution in [2.75, 3.05) is 7.11 Å². The molecule has 0 saturated carbocycles. The van der Waals surface area contributed by atoms with Crippen molar-refractivity contribution >= 4 is 10.8 Å². The molecule has 2 heterocycles. The van der Waals surface area contributed by atoms with Crippen LogP contribution in [-0.4, -0.2) is 27.0 Å². The number of rotatable bonds is 4. The van der Waals surface area contributed by atoms with Crippen molar-refractivity contribution in [3.63, 3.8) is 0 Å². The molecule has 0 aliphatic heterocycles. The van der Waals surface area contributed by atoms with Crippen LogP contribution in [0.2, 0.25) is 0 Å². The first-order valence-corrected chi connectivity index (χ1v) is 10.1. The number of aryl methyl sites for hydroxylation is 2. The van der Waals surface area contributed by atoms with Crippen LogP contribution < -0.4 is 10.3 Å². The van der Waals surface area contributed by atoms with Gasteiger partial charge in [0.25, 0.3) is 11.4 Å². The van der Waals surface area contributed by atoms with Gasteiger partial charge in [0.15, 0.2) is 5.69 Å². The highest BCUT2D eigenvalue weighted by molar-refractivity contribution is 5.92. The van der Waals surface area contributed by atoms with Crippen molar-refractivity contribution in [3.8, 4) is 34.4 Å². The monoisotopic (exact) mass is 424 g/mol. The van der Waals surface area contributed by atoms with Crippen LogP contribution in [0.4, 0.5) is 0 Å². The lowest BCUT2D eigenvalue weighted by molar-refractivity contribution is 0.414. The van der Waals surface area contributed by atoms with Gasteiger partial charge in [0, 0.05) is 17.0 Å². The van der Waals surface area contributed by atoms with Crippen molar-refractivity contribution in [1.29, 1.82) is 0 Å². The number of ether oxygens (including phenoxy) is 1. The Morgan fingerprint density at radius 3 is 2.50 bits per heavy atom. The normalized spacial score (nSPS) is 11.1. The van der Waals surface area contributed by atoms with Gasteiger partial charge in [0.2, 0.25) is 5.82 Å². The molecular formula is C25H20N4O3. The van der Waals surface area contributed by atoms with E-state index in [4.69, 9.17) is 9.26 Å². The smallest absolute Gasteiger partial charge is 0.279 e. The Kier molecular flexibility index (Phi) is 4.78. The number of fused-ring (bicyclic) bond motifs is 1. The van der Waals surface area contributed by atoms with Crippen LogP contribution in [-0.2, 0) is 0 Å². The maximum atomic E-state index is 13.2. The molecule has 7 heteroatoms. The summed E-state index contributed by atoms with van der Waals surface area (Å²) in [4.78, 5) is 17.8. The van der Waals surface area contributed by atoms with E-state index < -0.39 is 0 Å². The minimum Gasteiger partial charge on any atom is -0.497 e. The van der Waals surface area contributed by atoms with Gasteiger partial charge in [-0.25, -0.2) is 0 Å². The molecule has 0 bridgehead atoms. The molecule has 0 N–H and O–H groups in total. The van der Waals surface area contributed by atoms with E-state index in [1.165, 1.54) is 10.2 Å². The maximum absolute atomic E-state index is 13.2. The van der Waals surface area contributed by atoms with Crippen molar-refractivity contribution in [2.24, 2.45) is 0 Å². The van der Waals surface area contributed by atoms with E-state index in [1.54, 1.807) is 25.3 Å². The summed E-state index contributed by atoms with van der Waals surface area (Å²) in [6.07, 6.45) is 0. The van der Waals surface area contributed by atoms with E-state index in [-0.39, 0.29) is 11.4 Å². The molecule has 5 rings (SSSR count). The van der Waals surface area contributed by atoms with Gasteiger partial charge in [-0.2, -0.15) is 14.8 Å². The third-order valence-corrected chi connectivity index (χ3v) is 5.50. The maximum Gasteiger partial charge on any atom is 0.279 e. The minimum atomic E-state index is -0.244. The zero-order chi connectivity index (χ0) is 22.2. The first kappa shape index (κ1) is 19.7. The molecule has 158 valence electrons. The average Bonchev–Trinajstić information content (AvgIpc) is 3.31.